The molecular weight excluding hydrogens is 525 g/mol. The molecule has 0 saturated heterocycles. The van der Waals surface area contributed by atoms with Crippen LogP contribution >= 0.6 is 24.0 Å². The Hall–Kier alpha value is -3.33. The van der Waals surface area contributed by atoms with E-state index in [-0.39, 0.29) is 30.0 Å². The van der Waals surface area contributed by atoms with Gasteiger partial charge in [0.1, 0.15) is 5.84 Å². The predicted molar refractivity (Wildman–Crippen MR) is 147 cm³/mol. The van der Waals surface area contributed by atoms with Crippen molar-refractivity contribution in [1.82, 2.24) is 9.88 Å². The van der Waals surface area contributed by atoms with Gasteiger partial charge in [0.15, 0.2) is 0 Å². The second-order valence-corrected chi connectivity index (χ2v) is 7.75. The number of rotatable bonds is 7. The van der Waals surface area contributed by atoms with Crippen molar-refractivity contribution >= 4 is 58.1 Å². The number of fused-ring (bicyclic) bond motifs is 1. The van der Waals surface area contributed by atoms with Gasteiger partial charge in [0, 0.05) is 47.6 Å². The molecule has 0 spiro atoms. The van der Waals surface area contributed by atoms with Crippen molar-refractivity contribution in [3.05, 3.63) is 96.2 Å². The topological polar surface area (TPSA) is 81.9 Å². The fourth-order valence-electron chi connectivity index (χ4n) is 3.66. The quantitative estimate of drug-likeness (QED) is 0.0982. The van der Waals surface area contributed by atoms with E-state index in [0.717, 1.165) is 35.0 Å². The van der Waals surface area contributed by atoms with Gasteiger partial charge < -0.3 is 20.5 Å². The van der Waals surface area contributed by atoms with Crippen molar-refractivity contribution in [2.45, 2.75) is 12.8 Å². The van der Waals surface area contributed by atoms with Crippen molar-refractivity contribution < 1.29 is 4.79 Å². The number of urea groups is 1. The minimum Gasteiger partial charge on any atom is -0.370 e. The Balaban J connectivity index is 0.00000306. The number of nitrogens with one attached hydrogen (secondary N) is 4. The van der Waals surface area contributed by atoms with Gasteiger partial charge in [0.2, 0.25) is 0 Å². The zero-order valence-electron chi connectivity index (χ0n) is 18.5. The van der Waals surface area contributed by atoms with Gasteiger partial charge in [-0.05, 0) is 54.8 Å². The van der Waals surface area contributed by atoms with E-state index >= 15 is 0 Å². The van der Waals surface area contributed by atoms with Crippen LogP contribution in [0.4, 0.5) is 16.2 Å². The van der Waals surface area contributed by atoms with Gasteiger partial charge in [0.25, 0.3) is 0 Å². The number of amidine groups is 1. The fourth-order valence-corrected chi connectivity index (χ4v) is 3.66. The molecule has 0 atom stereocenters. The SMILES string of the molecule is Cn1ccc2cc(NC(=O)Nc3cccc(C(=N)NCCCc4ccccc4)c3)ccc21.I. The lowest BCUT2D eigenvalue weighted by molar-refractivity contribution is 0.262. The number of halogens is 1. The van der Waals surface area contributed by atoms with Crippen molar-refractivity contribution in [3.8, 4) is 0 Å². The summed E-state index contributed by atoms with van der Waals surface area (Å²) >= 11 is 0. The summed E-state index contributed by atoms with van der Waals surface area (Å²) in [7, 11) is 1.99. The standard InChI is InChI=1S/C26H27N5O.HI/c1-31-16-14-20-17-23(12-13-24(20)31)30-26(32)29-22-11-5-10-21(18-22)25(27)28-15-6-9-19-7-3-2-4-8-19;/h2-5,7-8,10-14,16-18H,6,9,15H2,1H3,(H2,27,28)(H2,29,30,32);1H. The lowest BCUT2D eigenvalue weighted by Crippen LogP contribution is -2.25. The van der Waals surface area contributed by atoms with E-state index in [2.05, 4.69) is 28.1 Å². The first-order chi connectivity index (χ1) is 15.6. The Labute approximate surface area is 210 Å². The summed E-state index contributed by atoms with van der Waals surface area (Å²) in [4.78, 5) is 12.5. The molecule has 4 rings (SSSR count). The maximum absolute atomic E-state index is 12.5. The molecule has 6 nitrogen and oxygen atoms in total. The summed E-state index contributed by atoms with van der Waals surface area (Å²) in [6.07, 6.45) is 3.90. The molecule has 4 aromatic rings. The maximum atomic E-state index is 12.5. The first-order valence-electron chi connectivity index (χ1n) is 10.7. The molecule has 1 aromatic heterocycles. The largest absolute Gasteiger partial charge is 0.370 e. The molecule has 3 aromatic carbocycles. The van der Waals surface area contributed by atoms with Gasteiger partial charge in [-0.25, -0.2) is 4.79 Å². The Kier molecular flexibility index (Phi) is 8.48. The van der Waals surface area contributed by atoms with E-state index in [1.165, 1.54) is 5.56 Å². The Bertz CT molecular complexity index is 1240. The number of hydrogen-bond acceptors (Lipinski definition) is 2. The first-order valence-corrected chi connectivity index (χ1v) is 10.7. The first kappa shape index (κ1) is 24.3. The molecular formula is C26H28IN5O. The lowest BCUT2D eigenvalue weighted by atomic mass is 10.1. The van der Waals surface area contributed by atoms with Gasteiger partial charge in [-0.3, -0.25) is 5.41 Å². The summed E-state index contributed by atoms with van der Waals surface area (Å²) in [6.45, 7) is 0.716. The number of nitrogens with zero attached hydrogens (tertiary/aromatic N) is 1. The summed E-state index contributed by atoms with van der Waals surface area (Å²) in [5.41, 5.74) is 4.50. The van der Waals surface area contributed by atoms with Crippen LogP contribution in [-0.4, -0.2) is 23.0 Å². The van der Waals surface area contributed by atoms with Crippen LogP contribution in [0.2, 0.25) is 0 Å². The van der Waals surface area contributed by atoms with Crippen LogP contribution in [0, 0.1) is 5.41 Å². The molecule has 2 amide bonds. The number of benzene rings is 3. The molecule has 0 aliphatic carbocycles. The zero-order valence-corrected chi connectivity index (χ0v) is 20.8. The van der Waals surface area contributed by atoms with E-state index in [1.54, 1.807) is 6.07 Å². The van der Waals surface area contributed by atoms with Crippen molar-refractivity contribution in [2.24, 2.45) is 7.05 Å². The Morgan fingerprint density at radius 3 is 2.45 bits per heavy atom. The molecule has 0 aliphatic heterocycles. The molecule has 0 radical (unpaired) electrons. The van der Waals surface area contributed by atoms with Crippen LogP contribution in [0.3, 0.4) is 0 Å². The van der Waals surface area contributed by atoms with Gasteiger partial charge in [-0.1, -0.05) is 42.5 Å². The van der Waals surface area contributed by atoms with E-state index in [0.29, 0.717) is 18.1 Å². The minimum absolute atomic E-state index is 0. The number of aryl methyl sites for hydroxylation is 2. The molecule has 7 heteroatoms. The summed E-state index contributed by atoms with van der Waals surface area (Å²) in [5, 5.41) is 18.3. The number of anilines is 2. The normalized spacial score (nSPS) is 10.3. The molecule has 0 fully saturated rings. The zero-order chi connectivity index (χ0) is 22.3. The summed E-state index contributed by atoms with van der Waals surface area (Å²) < 4.78 is 2.04. The van der Waals surface area contributed by atoms with E-state index < -0.39 is 0 Å². The highest BCUT2D eigenvalue weighted by Gasteiger charge is 2.07. The van der Waals surface area contributed by atoms with Gasteiger partial charge >= 0.3 is 6.03 Å². The average Bonchev–Trinajstić information content (AvgIpc) is 3.17. The van der Waals surface area contributed by atoms with Crippen molar-refractivity contribution in [3.63, 3.8) is 0 Å². The van der Waals surface area contributed by atoms with Crippen molar-refractivity contribution in [1.29, 1.82) is 5.41 Å². The second-order valence-electron chi connectivity index (χ2n) is 7.75. The Morgan fingerprint density at radius 1 is 0.909 bits per heavy atom. The molecule has 33 heavy (non-hydrogen) atoms. The smallest absolute Gasteiger partial charge is 0.323 e. The third kappa shape index (κ3) is 6.58. The second kappa shape index (κ2) is 11.5. The Morgan fingerprint density at radius 2 is 1.67 bits per heavy atom. The number of carbonyl (C=O) groups is 1. The van der Waals surface area contributed by atoms with Gasteiger partial charge in [-0.15, -0.1) is 24.0 Å². The summed E-state index contributed by atoms with van der Waals surface area (Å²) in [5.74, 6) is 0.344. The van der Waals surface area contributed by atoms with Crippen LogP contribution in [0.25, 0.3) is 10.9 Å². The average molecular weight is 553 g/mol. The third-order valence-corrected chi connectivity index (χ3v) is 5.34. The van der Waals surface area contributed by atoms with Crippen LogP contribution < -0.4 is 16.0 Å². The monoisotopic (exact) mass is 553 g/mol. The number of carbonyl (C=O) groups excluding carboxylic acids is 1. The lowest BCUT2D eigenvalue weighted by Gasteiger charge is -2.11. The highest BCUT2D eigenvalue weighted by molar-refractivity contribution is 14.0. The number of hydrogen-bond donors (Lipinski definition) is 4. The highest BCUT2D eigenvalue weighted by Crippen LogP contribution is 2.20. The molecule has 0 aliphatic rings. The van der Waals surface area contributed by atoms with Crippen LogP contribution in [0.15, 0.2) is 85.1 Å². The molecule has 0 saturated carbocycles. The van der Waals surface area contributed by atoms with E-state index in [1.807, 2.05) is 78.5 Å². The fraction of sp³-hybridized carbons (Fsp3) is 0.154. The van der Waals surface area contributed by atoms with Gasteiger partial charge in [-0.2, -0.15) is 0 Å². The van der Waals surface area contributed by atoms with E-state index in [4.69, 9.17) is 5.41 Å². The maximum Gasteiger partial charge on any atom is 0.323 e. The summed E-state index contributed by atoms with van der Waals surface area (Å²) in [6, 6.07) is 25.1. The third-order valence-electron chi connectivity index (χ3n) is 5.34. The predicted octanol–water partition coefficient (Wildman–Crippen LogP) is 5.99. The van der Waals surface area contributed by atoms with Crippen molar-refractivity contribution in [2.75, 3.05) is 17.2 Å². The molecule has 0 bridgehead atoms. The van der Waals surface area contributed by atoms with Crippen LogP contribution in [0.1, 0.15) is 17.5 Å². The minimum atomic E-state index is -0.320. The molecule has 4 N–H and O–H groups in total. The number of aromatic nitrogens is 1. The van der Waals surface area contributed by atoms with Gasteiger partial charge in [0.05, 0.1) is 0 Å². The van der Waals surface area contributed by atoms with E-state index in [9.17, 15) is 4.79 Å². The molecule has 170 valence electrons. The molecule has 0 unspecified atom stereocenters. The van der Waals surface area contributed by atoms with Crippen LogP contribution in [0.5, 0.6) is 0 Å². The van der Waals surface area contributed by atoms with Crippen LogP contribution in [-0.2, 0) is 13.5 Å². The number of amides is 2. The highest BCUT2D eigenvalue weighted by atomic mass is 127. The molecule has 1 heterocycles.